The molecule has 0 bridgehead atoms. The first-order valence-electron chi connectivity index (χ1n) is 10.5. The second kappa shape index (κ2) is 8.42. The third-order valence-corrected chi connectivity index (χ3v) is 6.38. The predicted octanol–water partition coefficient (Wildman–Crippen LogP) is 5.10. The van der Waals surface area contributed by atoms with Gasteiger partial charge in [0, 0.05) is 16.6 Å². The van der Waals surface area contributed by atoms with E-state index < -0.39 is 10.0 Å². The van der Waals surface area contributed by atoms with Gasteiger partial charge in [0.15, 0.2) is 0 Å². The number of carbonyl (C=O) groups excluding carboxylic acids is 1. The van der Waals surface area contributed by atoms with Crippen molar-refractivity contribution >= 4 is 32.5 Å². The highest BCUT2D eigenvalue weighted by Gasteiger charge is 2.17. The molecule has 3 aromatic carbocycles. The standard InChI is InChI=1S/C26H25N3O3S/c1-26(2,3)18-10-8-17(9-11-18)24-16-22(21-6-4-5-7-23(21)29-24)25(30)28-19-12-14-20(15-13-19)33(27,31)32/h4-16H,1-3H3,(H,28,30)(H2,27,31,32). The molecule has 4 aromatic rings. The van der Waals surface area contributed by atoms with Gasteiger partial charge < -0.3 is 5.32 Å². The number of anilines is 1. The summed E-state index contributed by atoms with van der Waals surface area (Å²) in [5.41, 5.74) is 4.52. The number of fused-ring (bicyclic) bond motifs is 1. The number of aromatic nitrogens is 1. The topological polar surface area (TPSA) is 102 Å². The number of benzene rings is 3. The van der Waals surface area contributed by atoms with E-state index in [0.29, 0.717) is 22.5 Å². The van der Waals surface area contributed by atoms with Crippen molar-refractivity contribution < 1.29 is 13.2 Å². The highest BCUT2D eigenvalue weighted by atomic mass is 32.2. The highest BCUT2D eigenvalue weighted by Crippen LogP contribution is 2.28. The normalized spacial score (nSPS) is 12.0. The molecule has 168 valence electrons. The van der Waals surface area contributed by atoms with Crippen molar-refractivity contribution in [1.82, 2.24) is 4.98 Å². The molecule has 7 heteroatoms. The second-order valence-electron chi connectivity index (χ2n) is 8.92. The molecule has 0 aliphatic rings. The van der Waals surface area contributed by atoms with Crippen LogP contribution in [0.3, 0.4) is 0 Å². The Morgan fingerprint density at radius 1 is 0.909 bits per heavy atom. The highest BCUT2D eigenvalue weighted by molar-refractivity contribution is 7.89. The van der Waals surface area contributed by atoms with E-state index in [1.54, 1.807) is 6.07 Å². The molecule has 3 N–H and O–H groups in total. The second-order valence-corrected chi connectivity index (χ2v) is 10.5. The van der Waals surface area contributed by atoms with Gasteiger partial charge in [-0.15, -0.1) is 0 Å². The fraction of sp³-hybridized carbons (Fsp3) is 0.154. The third-order valence-electron chi connectivity index (χ3n) is 5.45. The maximum Gasteiger partial charge on any atom is 0.256 e. The molecule has 1 amide bonds. The lowest BCUT2D eigenvalue weighted by Gasteiger charge is -2.19. The summed E-state index contributed by atoms with van der Waals surface area (Å²) < 4.78 is 22.9. The summed E-state index contributed by atoms with van der Waals surface area (Å²) in [6, 6.07) is 23.2. The summed E-state index contributed by atoms with van der Waals surface area (Å²) in [6.45, 7) is 6.48. The Balaban J connectivity index is 1.72. The summed E-state index contributed by atoms with van der Waals surface area (Å²) in [6.07, 6.45) is 0. The van der Waals surface area contributed by atoms with Crippen molar-refractivity contribution in [2.75, 3.05) is 5.32 Å². The molecule has 33 heavy (non-hydrogen) atoms. The van der Waals surface area contributed by atoms with Crippen molar-refractivity contribution in [2.24, 2.45) is 5.14 Å². The molecule has 0 spiro atoms. The van der Waals surface area contributed by atoms with Crippen LogP contribution in [0.2, 0.25) is 0 Å². The third kappa shape index (κ3) is 4.94. The SMILES string of the molecule is CC(C)(C)c1ccc(-c2cc(C(=O)Nc3ccc(S(N)(=O)=O)cc3)c3ccccc3n2)cc1. The van der Waals surface area contributed by atoms with Crippen LogP contribution in [0.5, 0.6) is 0 Å². The molecule has 0 unspecified atom stereocenters. The average Bonchev–Trinajstić information content (AvgIpc) is 2.77. The molecule has 0 aliphatic heterocycles. The van der Waals surface area contributed by atoms with Crippen LogP contribution in [0.1, 0.15) is 36.7 Å². The van der Waals surface area contributed by atoms with Gasteiger partial charge in [-0.1, -0.05) is 63.2 Å². The van der Waals surface area contributed by atoms with E-state index in [1.807, 2.05) is 36.4 Å². The number of hydrogen-bond acceptors (Lipinski definition) is 4. The number of nitrogens with two attached hydrogens (primary N) is 1. The number of sulfonamides is 1. The number of primary sulfonamides is 1. The lowest BCUT2D eigenvalue weighted by Crippen LogP contribution is -2.14. The number of para-hydroxylation sites is 1. The van der Waals surface area contributed by atoms with Gasteiger partial charge in [-0.25, -0.2) is 18.5 Å². The van der Waals surface area contributed by atoms with Gasteiger partial charge in [-0.3, -0.25) is 4.79 Å². The van der Waals surface area contributed by atoms with Crippen molar-refractivity contribution in [3.63, 3.8) is 0 Å². The number of nitrogens with one attached hydrogen (secondary N) is 1. The molecular weight excluding hydrogens is 434 g/mol. The molecule has 4 rings (SSSR count). The minimum absolute atomic E-state index is 0.0177. The van der Waals surface area contributed by atoms with Crippen LogP contribution in [-0.2, 0) is 15.4 Å². The first-order valence-corrected chi connectivity index (χ1v) is 12.0. The van der Waals surface area contributed by atoms with Gasteiger partial charge in [0.25, 0.3) is 5.91 Å². The quantitative estimate of drug-likeness (QED) is 0.443. The Kier molecular flexibility index (Phi) is 5.78. The smallest absolute Gasteiger partial charge is 0.256 e. The molecule has 0 fully saturated rings. The van der Waals surface area contributed by atoms with Gasteiger partial charge in [-0.05, 0) is 47.4 Å². The van der Waals surface area contributed by atoms with Gasteiger partial charge in [0.05, 0.1) is 21.7 Å². The summed E-state index contributed by atoms with van der Waals surface area (Å²) in [4.78, 5) is 17.9. The number of rotatable bonds is 4. The van der Waals surface area contributed by atoms with Crippen molar-refractivity contribution in [2.45, 2.75) is 31.1 Å². The van der Waals surface area contributed by atoms with Gasteiger partial charge in [0.1, 0.15) is 0 Å². The van der Waals surface area contributed by atoms with Crippen LogP contribution in [0.25, 0.3) is 22.2 Å². The van der Waals surface area contributed by atoms with E-state index in [1.165, 1.54) is 29.8 Å². The zero-order valence-corrected chi connectivity index (χ0v) is 19.5. The van der Waals surface area contributed by atoms with Crippen LogP contribution >= 0.6 is 0 Å². The predicted molar refractivity (Wildman–Crippen MR) is 132 cm³/mol. The Morgan fingerprint density at radius 2 is 1.55 bits per heavy atom. The lowest BCUT2D eigenvalue weighted by atomic mass is 9.86. The zero-order valence-electron chi connectivity index (χ0n) is 18.7. The van der Waals surface area contributed by atoms with Crippen LogP contribution < -0.4 is 10.5 Å². The van der Waals surface area contributed by atoms with E-state index in [9.17, 15) is 13.2 Å². The first-order chi connectivity index (χ1) is 15.5. The maximum atomic E-state index is 13.2. The maximum absolute atomic E-state index is 13.2. The fourth-order valence-corrected chi connectivity index (χ4v) is 4.09. The van der Waals surface area contributed by atoms with Crippen molar-refractivity contribution in [3.8, 4) is 11.3 Å². The zero-order chi connectivity index (χ0) is 23.8. The van der Waals surface area contributed by atoms with Crippen molar-refractivity contribution in [1.29, 1.82) is 0 Å². The Labute approximate surface area is 193 Å². The number of hydrogen-bond donors (Lipinski definition) is 2. The Bertz CT molecular complexity index is 1440. The molecule has 0 atom stereocenters. The number of amides is 1. The van der Waals surface area contributed by atoms with Gasteiger partial charge >= 0.3 is 0 Å². The van der Waals surface area contributed by atoms with E-state index >= 15 is 0 Å². The fourth-order valence-electron chi connectivity index (χ4n) is 3.58. The molecule has 0 radical (unpaired) electrons. The monoisotopic (exact) mass is 459 g/mol. The Morgan fingerprint density at radius 3 is 2.15 bits per heavy atom. The average molecular weight is 460 g/mol. The minimum atomic E-state index is -3.80. The van der Waals surface area contributed by atoms with E-state index in [4.69, 9.17) is 10.1 Å². The molecule has 6 nitrogen and oxygen atoms in total. The molecule has 0 saturated heterocycles. The summed E-state index contributed by atoms with van der Waals surface area (Å²) in [7, 11) is -3.80. The molecule has 1 aromatic heterocycles. The number of carbonyl (C=O) groups is 1. The largest absolute Gasteiger partial charge is 0.322 e. The molecule has 1 heterocycles. The summed E-state index contributed by atoms with van der Waals surface area (Å²) in [5.74, 6) is -0.315. The number of pyridine rings is 1. The summed E-state index contributed by atoms with van der Waals surface area (Å²) >= 11 is 0. The number of nitrogens with zero attached hydrogens (tertiary/aromatic N) is 1. The van der Waals surface area contributed by atoms with Crippen LogP contribution in [0.15, 0.2) is 83.8 Å². The van der Waals surface area contributed by atoms with Crippen LogP contribution in [0.4, 0.5) is 5.69 Å². The molecular formula is C26H25N3O3S. The summed E-state index contributed by atoms with van der Waals surface area (Å²) in [5, 5.41) is 8.71. The van der Waals surface area contributed by atoms with Gasteiger partial charge in [0.2, 0.25) is 10.0 Å². The van der Waals surface area contributed by atoms with E-state index in [-0.39, 0.29) is 16.2 Å². The van der Waals surface area contributed by atoms with Gasteiger partial charge in [-0.2, -0.15) is 0 Å². The first kappa shape index (κ1) is 22.6. The minimum Gasteiger partial charge on any atom is -0.322 e. The van der Waals surface area contributed by atoms with Crippen molar-refractivity contribution in [3.05, 3.63) is 90.0 Å². The van der Waals surface area contributed by atoms with E-state index in [2.05, 4.69) is 38.2 Å². The molecule has 0 aliphatic carbocycles. The van der Waals surface area contributed by atoms with E-state index in [0.717, 1.165) is 10.9 Å². The van der Waals surface area contributed by atoms with Crippen LogP contribution in [0, 0.1) is 0 Å². The Hall–Kier alpha value is -3.55. The van der Waals surface area contributed by atoms with Crippen LogP contribution in [-0.4, -0.2) is 19.3 Å². The lowest BCUT2D eigenvalue weighted by molar-refractivity contribution is 0.102. The molecule has 0 saturated carbocycles.